The number of ketones is 1. The lowest BCUT2D eigenvalue weighted by molar-refractivity contribution is 0.0992. The van der Waals surface area contributed by atoms with Crippen LogP contribution in [0, 0.1) is 23.3 Å². The van der Waals surface area contributed by atoms with Crippen molar-refractivity contribution in [2.24, 2.45) is 0 Å². The van der Waals surface area contributed by atoms with Gasteiger partial charge in [-0.2, -0.15) is 0 Å². The third-order valence-corrected chi connectivity index (χ3v) is 3.03. The molecule has 2 aromatic rings. The quantitative estimate of drug-likeness (QED) is 0.469. The number of hydrogen-bond donors (Lipinski definition) is 0. The average Bonchev–Trinajstić information content (AvgIpc) is 2.39. The Balaban J connectivity index is 2.31. The number of halogens is 5. The smallest absolute Gasteiger partial charge is 0.194 e. The molecule has 0 aromatic heterocycles. The molecule has 2 aromatic carbocycles. The van der Waals surface area contributed by atoms with E-state index in [-0.39, 0.29) is 22.6 Å². The molecule has 2 rings (SSSR count). The van der Waals surface area contributed by atoms with Crippen LogP contribution in [-0.2, 0) is 6.42 Å². The Bertz CT molecular complexity index is 662. The largest absolute Gasteiger partial charge is 0.294 e. The molecule has 0 amide bonds. The van der Waals surface area contributed by atoms with Crippen LogP contribution in [0.15, 0.2) is 30.3 Å². The van der Waals surface area contributed by atoms with E-state index in [1.807, 2.05) is 0 Å². The van der Waals surface area contributed by atoms with Gasteiger partial charge < -0.3 is 0 Å². The van der Waals surface area contributed by atoms with Crippen LogP contribution in [0.25, 0.3) is 0 Å². The maximum Gasteiger partial charge on any atom is 0.194 e. The van der Waals surface area contributed by atoms with E-state index in [9.17, 15) is 22.4 Å². The number of carbonyl (C=O) groups is 1. The van der Waals surface area contributed by atoms with E-state index < -0.39 is 29.1 Å². The van der Waals surface area contributed by atoms with E-state index in [0.717, 1.165) is 12.1 Å². The molecule has 0 aliphatic carbocycles. The van der Waals surface area contributed by atoms with Crippen molar-refractivity contribution >= 4 is 17.4 Å². The molecule has 6 heteroatoms. The van der Waals surface area contributed by atoms with Gasteiger partial charge in [0, 0.05) is 17.0 Å². The number of benzene rings is 2. The molecule has 0 spiro atoms. The fraction of sp³-hybridized carbons (Fsp3) is 0.0714. The topological polar surface area (TPSA) is 17.1 Å². The maximum atomic E-state index is 13.0. The molecule has 0 radical (unpaired) electrons. The van der Waals surface area contributed by atoms with Crippen LogP contribution in [-0.4, -0.2) is 5.78 Å². The van der Waals surface area contributed by atoms with Crippen LogP contribution in [0.5, 0.6) is 0 Å². The van der Waals surface area contributed by atoms with Gasteiger partial charge >= 0.3 is 0 Å². The van der Waals surface area contributed by atoms with Gasteiger partial charge in [0.2, 0.25) is 0 Å². The van der Waals surface area contributed by atoms with Crippen molar-refractivity contribution in [1.82, 2.24) is 0 Å². The van der Waals surface area contributed by atoms with E-state index in [4.69, 9.17) is 11.6 Å². The minimum Gasteiger partial charge on any atom is -0.294 e. The number of hydrogen-bond acceptors (Lipinski definition) is 1. The van der Waals surface area contributed by atoms with Crippen molar-refractivity contribution < 1.29 is 22.4 Å². The second-order valence-corrected chi connectivity index (χ2v) is 4.50. The molecule has 1 nitrogen and oxygen atoms in total. The van der Waals surface area contributed by atoms with Gasteiger partial charge in [-0.15, -0.1) is 0 Å². The standard InChI is InChI=1S/C14H7ClF4O/c15-10-2-1-9(16)3-7(10)6-13(20)8-4-11(17)14(19)12(18)5-8/h1-5H,6H2. The van der Waals surface area contributed by atoms with Crippen molar-refractivity contribution in [3.05, 3.63) is 69.8 Å². The van der Waals surface area contributed by atoms with E-state index in [1.165, 1.54) is 6.07 Å². The zero-order valence-corrected chi connectivity index (χ0v) is 10.6. The molecule has 0 unspecified atom stereocenters. The lowest BCUT2D eigenvalue weighted by Crippen LogP contribution is -2.07. The Morgan fingerprint density at radius 3 is 2.20 bits per heavy atom. The molecule has 0 atom stereocenters. The molecule has 0 aliphatic rings. The van der Waals surface area contributed by atoms with Crippen LogP contribution in [0.1, 0.15) is 15.9 Å². The Morgan fingerprint density at radius 2 is 1.60 bits per heavy atom. The second kappa shape index (κ2) is 5.63. The summed E-state index contributed by atoms with van der Waals surface area (Å²) in [5, 5.41) is 0.155. The number of Topliss-reactive ketones (excluding diaryl/α,β-unsaturated/α-hetero) is 1. The molecular formula is C14H7ClF4O. The summed E-state index contributed by atoms with van der Waals surface area (Å²) in [7, 11) is 0. The zero-order chi connectivity index (χ0) is 14.9. The first-order valence-corrected chi connectivity index (χ1v) is 5.88. The number of carbonyl (C=O) groups excluding carboxylic acids is 1. The minimum atomic E-state index is -1.65. The van der Waals surface area contributed by atoms with Crippen LogP contribution in [0.2, 0.25) is 5.02 Å². The highest BCUT2D eigenvalue weighted by Gasteiger charge is 2.16. The highest BCUT2D eigenvalue weighted by atomic mass is 35.5. The van der Waals surface area contributed by atoms with Crippen molar-refractivity contribution in [2.75, 3.05) is 0 Å². The number of rotatable bonds is 3. The summed E-state index contributed by atoms with van der Waals surface area (Å²) in [6, 6.07) is 4.62. The van der Waals surface area contributed by atoms with Gasteiger partial charge in [-0.1, -0.05) is 11.6 Å². The summed E-state index contributed by atoms with van der Waals surface area (Å²) < 4.78 is 51.9. The fourth-order valence-corrected chi connectivity index (χ4v) is 1.85. The third-order valence-electron chi connectivity index (χ3n) is 2.66. The monoisotopic (exact) mass is 302 g/mol. The molecule has 0 N–H and O–H groups in total. The van der Waals surface area contributed by atoms with Crippen molar-refractivity contribution in [2.45, 2.75) is 6.42 Å². The van der Waals surface area contributed by atoms with Crippen molar-refractivity contribution in [1.29, 1.82) is 0 Å². The third kappa shape index (κ3) is 2.99. The molecule has 0 heterocycles. The Hall–Kier alpha value is -1.88. The van der Waals surface area contributed by atoms with E-state index in [2.05, 4.69) is 0 Å². The lowest BCUT2D eigenvalue weighted by Gasteiger charge is -2.05. The second-order valence-electron chi connectivity index (χ2n) is 4.09. The Kier molecular flexibility index (Phi) is 4.09. The molecule has 0 saturated heterocycles. The van der Waals surface area contributed by atoms with Crippen LogP contribution < -0.4 is 0 Å². The highest BCUT2D eigenvalue weighted by molar-refractivity contribution is 6.31. The molecule has 20 heavy (non-hydrogen) atoms. The molecule has 0 bridgehead atoms. The van der Waals surface area contributed by atoms with Gasteiger partial charge in [0.25, 0.3) is 0 Å². The lowest BCUT2D eigenvalue weighted by atomic mass is 10.0. The first kappa shape index (κ1) is 14.5. The first-order valence-electron chi connectivity index (χ1n) is 5.50. The molecule has 0 fully saturated rings. The summed E-state index contributed by atoms with van der Waals surface area (Å²) in [5.41, 5.74) is -0.163. The minimum absolute atomic E-state index is 0.155. The van der Waals surface area contributed by atoms with Gasteiger partial charge in [-0.3, -0.25) is 4.79 Å². The average molecular weight is 303 g/mol. The van der Waals surface area contributed by atoms with Gasteiger partial charge in [0.05, 0.1) is 0 Å². The summed E-state index contributed by atoms with van der Waals surface area (Å²) in [4.78, 5) is 11.9. The molecule has 0 aliphatic heterocycles. The summed E-state index contributed by atoms with van der Waals surface area (Å²) in [5.74, 6) is -5.85. The van der Waals surface area contributed by atoms with Crippen molar-refractivity contribution in [3.63, 3.8) is 0 Å². The zero-order valence-electron chi connectivity index (χ0n) is 9.89. The van der Waals surface area contributed by atoms with Gasteiger partial charge in [0.15, 0.2) is 23.2 Å². The van der Waals surface area contributed by atoms with Crippen molar-refractivity contribution in [3.8, 4) is 0 Å². The fourth-order valence-electron chi connectivity index (χ4n) is 1.67. The summed E-state index contributed by atoms with van der Waals surface area (Å²) >= 11 is 5.79. The molecular weight excluding hydrogens is 296 g/mol. The summed E-state index contributed by atoms with van der Waals surface area (Å²) in [6.07, 6.45) is -0.346. The van der Waals surface area contributed by atoms with E-state index in [1.54, 1.807) is 0 Å². The maximum absolute atomic E-state index is 13.0. The van der Waals surface area contributed by atoms with Crippen LogP contribution >= 0.6 is 11.6 Å². The van der Waals surface area contributed by atoms with Crippen LogP contribution in [0.3, 0.4) is 0 Å². The molecule has 0 saturated carbocycles. The van der Waals surface area contributed by atoms with Gasteiger partial charge in [-0.05, 0) is 35.9 Å². The van der Waals surface area contributed by atoms with E-state index >= 15 is 0 Å². The summed E-state index contributed by atoms with van der Waals surface area (Å²) in [6.45, 7) is 0. The predicted octanol–water partition coefficient (Wildman–Crippen LogP) is 4.32. The molecule has 104 valence electrons. The van der Waals surface area contributed by atoms with Gasteiger partial charge in [0.1, 0.15) is 5.82 Å². The van der Waals surface area contributed by atoms with E-state index in [0.29, 0.717) is 12.1 Å². The Morgan fingerprint density at radius 1 is 1.00 bits per heavy atom. The van der Waals surface area contributed by atoms with Crippen LogP contribution in [0.4, 0.5) is 17.6 Å². The first-order chi connectivity index (χ1) is 9.38. The van der Waals surface area contributed by atoms with Gasteiger partial charge in [-0.25, -0.2) is 17.6 Å². The predicted molar refractivity (Wildman–Crippen MR) is 65.8 cm³/mol. The SMILES string of the molecule is O=C(Cc1cc(F)ccc1Cl)c1cc(F)c(F)c(F)c1. The highest BCUT2D eigenvalue weighted by Crippen LogP contribution is 2.20. The Labute approximate surface area is 116 Å². The normalized spacial score (nSPS) is 10.7.